The standard InChI is InChI=1S/C17H23FN2O/c1-3-4-8-15-12-14-7-5-6-9-16(14)17(19-15)21-11-10-20(2)13-18/h5-7,9,12H,3-4,8,10-11,13H2,1-2H3. The molecule has 1 aromatic heterocycles. The van der Waals surface area contributed by atoms with E-state index in [0.29, 0.717) is 19.0 Å². The van der Waals surface area contributed by atoms with E-state index < -0.39 is 6.80 Å². The normalized spacial score (nSPS) is 11.2. The van der Waals surface area contributed by atoms with E-state index in [1.165, 1.54) is 0 Å². The van der Waals surface area contributed by atoms with Gasteiger partial charge in [0.25, 0.3) is 0 Å². The highest BCUT2D eigenvalue weighted by molar-refractivity contribution is 5.87. The van der Waals surface area contributed by atoms with Gasteiger partial charge in [0.2, 0.25) is 5.88 Å². The molecule has 0 saturated carbocycles. The van der Waals surface area contributed by atoms with Crippen LogP contribution in [-0.4, -0.2) is 36.9 Å². The van der Waals surface area contributed by atoms with Gasteiger partial charge in [-0.15, -0.1) is 0 Å². The fraction of sp³-hybridized carbons (Fsp3) is 0.471. The maximum atomic E-state index is 12.4. The lowest BCUT2D eigenvalue weighted by molar-refractivity contribution is 0.181. The van der Waals surface area contributed by atoms with E-state index >= 15 is 0 Å². The average molecular weight is 290 g/mol. The molecule has 0 aliphatic rings. The van der Waals surface area contributed by atoms with Gasteiger partial charge in [0.05, 0.1) is 0 Å². The number of alkyl halides is 1. The molecule has 0 aliphatic carbocycles. The third-order valence-corrected chi connectivity index (χ3v) is 3.46. The number of unbranched alkanes of at least 4 members (excludes halogenated alkanes) is 1. The number of pyridine rings is 1. The van der Waals surface area contributed by atoms with Gasteiger partial charge in [0.1, 0.15) is 13.4 Å². The fourth-order valence-corrected chi connectivity index (χ4v) is 2.17. The van der Waals surface area contributed by atoms with Crippen LogP contribution < -0.4 is 4.74 Å². The molecule has 1 heterocycles. The number of ether oxygens (including phenoxy) is 1. The summed E-state index contributed by atoms with van der Waals surface area (Å²) in [4.78, 5) is 6.20. The molecule has 2 rings (SSSR count). The highest BCUT2D eigenvalue weighted by Crippen LogP contribution is 2.25. The smallest absolute Gasteiger partial charge is 0.221 e. The second kappa shape index (κ2) is 7.93. The van der Waals surface area contributed by atoms with Gasteiger partial charge in [-0.25, -0.2) is 9.37 Å². The number of aromatic nitrogens is 1. The van der Waals surface area contributed by atoms with Gasteiger partial charge in [-0.3, -0.25) is 4.90 Å². The van der Waals surface area contributed by atoms with Crippen molar-refractivity contribution in [3.05, 3.63) is 36.0 Å². The van der Waals surface area contributed by atoms with Crippen molar-refractivity contribution in [2.45, 2.75) is 26.2 Å². The molecule has 3 nitrogen and oxygen atoms in total. The number of hydrogen-bond donors (Lipinski definition) is 0. The Balaban J connectivity index is 2.18. The molecule has 0 fully saturated rings. The topological polar surface area (TPSA) is 25.4 Å². The zero-order chi connectivity index (χ0) is 15.1. The first kappa shape index (κ1) is 15.7. The van der Waals surface area contributed by atoms with Crippen LogP contribution in [-0.2, 0) is 6.42 Å². The SMILES string of the molecule is CCCCc1cc2ccccc2c(OCCN(C)CF)n1. The van der Waals surface area contributed by atoms with Gasteiger partial charge < -0.3 is 4.74 Å². The summed E-state index contributed by atoms with van der Waals surface area (Å²) in [5, 5.41) is 2.16. The lowest BCUT2D eigenvalue weighted by atomic mass is 10.1. The predicted octanol–water partition coefficient (Wildman–Crippen LogP) is 3.82. The van der Waals surface area contributed by atoms with Crippen LogP contribution in [0.3, 0.4) is 0 Å². The van der Waals surface area contributed by atoms with Crippen LogP contribution in [0.25, 0.3) is 10.8 Å². The summed E-state index contributed by atoms with van der Waals surface area (Å²) in [6.07, 6.45) is 3.23. The zero-order valence-electron chi connectivity index (χ0n) is 12.8. The lowest BCUT2D eigenvalue weighted by Crippen LogP contribution is -2.23. The average Bonchev–Trinajstić information content (AvgIpc) is 2.52. The summed E-state index contributed by atoms with van der Waals surface area (Å²) in [6, 6.07) is 10.2. The first-order valence-corrected chi connectivity index (χ1v) is 7.50. The van der Waals surface area contributed by atoms with Gasteiger partial charge in [-0.1, -0.05) is 31.5 Å². The number of likely N-dealkylation sites (N-methyl/N-ethyl adjacent to an activating group) is 1. The highest BCUT2D eigenvalue weighted by atomic mass is 19.1. The number of fused-ring (bicyclic) bond motifs is 1. The molecule has 0 amide bonds. The minimum absolute atomic E-state index is 0.439. The van der Waals surface area contributed by atoms with Crippen LogP contribution in [0.2, 0.25) is 0 Å². The van der Waals surface area contributed by atoms with E-state index in [1.807, 2.05) is 18.2 Å². The molecule has 0 saturated heterocycles. The molecule has 1 aromatic carbocycles. The van der Waals surface area contributed by atoms with Crippen LogP contribution in [0.5, 0.6) is 5.88 Å². The van der Waals surface area contributed by atoms with E-state index in [2.05, 4.69) is 24.0 Å². The molecule has 0 spiro atoms. The largest absolute Gasteiger partial charge is 0.476 e. The van der Waals surface area contributed by atoms with E-state index in [0.717, 1.165) is 35.7 Å². The molecule has 114 valence electrons. The van der Waals surface area contributed by atoms with Gasteiger partial charge >= 0.3 is 0 Å². The molecule has 0 aliphatic heterocycles. The van der Waals surface area contributed by atoms with Crippen LogP contribution in [0.4, 0.5) is 4.39 Å². The van der Waals surface area contributed by atoms with Crippen molar-refractivity contribution in [3.63, 3.8) is 0 Å². The molecule has 4 heteroatoms. The van der Waals surface area contributed by atoms with Gasteiger partial charge in [-0.05, 0) is 37.4 Å². The Morgan fingerprint density at radius 3 is 2.86 bits per heavy atom. The number of rotatable bonds is 8. The van der Waals surface area contributed by atoms with Gasteiger partial charge in [0, 0.05) is 17.6 Å². The second-order valence-electron chi connectivity index (χ2n) is 5.29. The van der Waals surface area contributed by atoms with E-state index in [9.17, 15) is 4.39 Å². The molecule has 0 N–H and O–H groups in total. The van der Waals surface area contributed by atoms with Crippen molar-refractivity contribution in [1.82, 2.24) is 9.88 Å². The Labute approximate surface area is 125 Å². The quantitative estimate of drug-likeness (QED) is 0.691. The Morgan fingerprint density at radius 2 is 2.10 bits per heavy atom. The third kappa shape index (κ3) is 4.39. The van der Waals surface area contributed by atoms with Crippen LogP contribution in [0, 0.1) is 0 Å². The van der Waals surface area contributed by atoms with Crippen molar-refractivity contribution in [3.8, 4) is 5.88 Å². The molecular weight excluding hydrogens is 267 g/mol. The van der Waals surface area contributed by atoms with Crippen molar-refractivity contribution in [1.29, 1.82) is 0 Å². The van der Waals surface area contributed by atoms with Crippen molar-refractivity contribution in [2.24, 2.45) is 0 Å². The first-order valence-electron chi connectivity index (χ1n) is 7.50. The zero-order valence-corrected chi connectivity index (χ0v) is 12.8. The number of hydrogen-bond acceptors (Lipinski definition) is 3. The number of nitrogens with zero attached hydrogens (tertiary/aromatic N) is 2. The summed E-state index contributed by atoms with van der Waals surface area (Å²) in [7, 11) is 1.73. The third-order valence-electron chi connectivity index (χ3n) is 3.46. The molecular formula is C17H23FN2O. The molecule has 0 radical (unpaired) electrons. The van der Waals surface area contributed by atoms with Crippen molar-refractivity contribution in [2.75, 3.05) is 27.0 Å². The summed E-state index contributed by atoms with van der Waals surface area (Å²) in [5.41, 5.74) is 1.06. The summed E-state index contributed by atoms with van der Waals surface area (Å²) in [5.74, 6) is 0.659. The summed E-state index contributed by atoms with van der Waals surface area (Å²) < 4.78 is 18.2. The number of benzene rings is 1. The minimum Gasteiger partial charge on any atom is -0.476 e. The molecule has 0 bridgehead atoms. The molecule has 2 aromatic rings. The molecule has 0 atom stereocenters. The number of aryl methyl sites for hydroxylation is 1. The van der Waals surface area contributed by atoms with Gasteiger partial charge in [-0.2, -0.15) is 0 Å². The minimum atomic E-state index is -0.464. The Morgan fingerprint density at radius 1 is 1.29 bits per heavy atom. The van der Waals surface area contributed by atoms with Crippen molar-refractivity contribution < 1.29 is 9.13 Å². The van der Waals surface area contributed by atoms with E-state index in [4.69, 9.17) is 4.74 Å². The second-order valence-corrected chi connectivity index (χ2v) is 5.29. The maximum absolute atomic E-state index is 12.4. The van der Waals surface area contributed by atoms with Crippen LogP contribution in [0.15, 0.2) is 30.3 Å². The van der Waals surface area contributed by atoms with Crippen molar-refractivity contribution >= 4 is 10.8 Å². The maximum Gasteiger partial charge on any atom is 0.221 e. The Bertz CT molecular complexity index is 574. The first-order chi connectivity index (χ1) is 10.2. The molecule has 0 unspecified atom stereocenters. The predicted molar refractivity (Wildman–Crippen MR) is 84.5 cm³/mol. The van der Waals surface area contributed by atoms with E-state index in [-0.39, 0.29) is 0 Å². The lowest BCUT2D eigenvalue weighted by Gasteiger charge is -2.14. The van der Waals surface area contributed by atoms with Crippen LogP contribution in [0.1, 0.15) is 25.5 Å². The van der Waals surface area contributed by atoms with Crippen LogP contribution >= 0.6 is 0 Å². The van der Waals surface area contributed by atoms with Gasteiger partial charge in [0.15, 0.2) is 0 Å². The Hall–Kier alpha value is -1.68. The van der Waals surface area contributed by atoms with E-state index in [1.54, 1.807) is 11.9 Å². The summed E-state index contributed by atoms with van der Waals surface area (Å²) in [6.45, 7) is 2.69. The highest BCUT2D eigenvalue weighted by Gasteiger charge is 2.07. The number of halogens is 1. The summed E-state index contributed by atoms with van der Waals surface area (Å²) >= 11 is 0. The molecule has 21 heavy (non-hydrogen) atoms. The fourth-order valence-electron chi connectivity index (χ4n) is 2.17. The monoisotopic (exact) mass is 290 g/mol. The Kier molecular flexibility index (Phi) is 5.93.